The maximum atomic E-state index is 12.4. The highest BCUT2D eigenvalue weighted by Crippen LogP contribution is 2.28. The minimum atomic E-state index is -0.411. The van der Waals surface area contributed by atoms with Crippen molar-refractivity contribution in [1.82, 2.24) is 4.90 Å². The summed E-state index contributed by atoms with van der Waals surface area (Å²) >= 11 is 0. The van der Waals surface area contributed by atoms with Crippen LogP contribution in [0.1, 0.15) is 35.6 Å². The molecule has 174 valence electrons. The lowest BCUT2D eigenvalue weighted by atomic mass is 10.0. The highest BCUT2D eigenvalue weighted by atomic mass is 16.6. The number of carbonyl (C=O) groups excluding carboxylic acids is 2. The smallest absolute Gasteiger partial charge is 0.409 e. The molecule has 2 N–H and O–H groups in total. The summed E-state index contributed by atoms with van der Waals surface area (Å²) in [4.78, 5) is 25.2. The van der Waals surface area contributed by atoms with Crippen LogP contribution in [0.5, 0.6) is 11.5 Å². The van der Waals surface area contributed by atoms with Crippen LogP contribution in [0.15, 0.2) is 36.4 Å². The predicted octanol–water partition coefficient (Wildman–Crippen LogP) is 3.81. The normalized spacial score (nSPS) is 10.5. The zero-order valence-electron chi connectivity index (χ0n) is 19.5. The molecule has 0 fully saturated rings. The quantitative estimate of drug-likeness (QED) is 0.540. The summed E-state index contributed by atoms with van der Waals surface area (Å²) < 4.78 is 16.4. The molecular weight excluding hydrogens is 408 g/mol. The van der Waals surface area contributed by atoms with Crippen LogP contribution in [0.3, 0.4) is 0 Å². The Morgan fingerprint density at radius 1 is 0.969 bits per heavy atom. The molecule has 0 radical (unpaired) electrons. The molecular formula is C25H34N2O5. The molecule has 2 rings (SSSR count). The van der Waals surface area contributed by atoms with Crippen molar-refractivity contribution in [3.63, 3.8) is 0 Å². The number of amides is 2. The first-order chi connectivity index (χ1) is 15.3. The summed E-state index contributed by atoms with van der Waals surface area (Å²) in [5.74, 6) is 0.646. The SMILES string of the molecule is CCOC(=O)N(CCCc1ccc(C)c(C)c1)CCOc1ccc(CC(N)=O)cc1OC. The number of aryl methyl sites for hydroxylation is 3. The molecule has 7 nitrogen and oxygen atoms in total. The largest absolute Gasteiger partial charge is 0.493 e. The summed E-state index contributed by atoms with van der Waals surface area (Å²) in [6, 6.07) is 11.7. The molecule has 0 heterocycles. The maximum Gasteiger partial charge on any atom is 0.409 e. The van der Waals surface area contributed by atoms with Crippen molar-refractivity contribution in [2.24, 2.45) is 5.73 Å². The van der Waals surface area contributed by atoms with Gasteiger partial charge in [-0.3, -0.25) is 4.79 Å². The fourth-order valence-electron chi connectivity index (χ4n) is 3.35. The van der Waals surface area contributed by atoms with E-state index in [2.05, 4.69) is 32.0 Å². The van der Waals surface area contributed by atoms with Crippen molar-refractivity contribution in [3.05, 3.63) is 58.7 Å². The lowest BCUT2D eigenvalue weighted by Crippen LogP contribution is -2.36. The maximum absolute atomic E-state index is 12.4. The van der Waals surface area contributed by atoms with Gasteiger partial charge in [0.05, 0.1) is 26.7 Å². The Labute approximate surface area is 190 Å². The number of hydrogen-bond acceptors (Lipinski definition) is 5. The van der Waals surface area contributed by atoms with E-state index in [0.717, 1.165) is 18.4 Å². The average molecular weight is 443 g/mol. The second-order valence-corrected chi connectivity index (χ2v) is 7.68. The first-order valence-electron chi connectivity index (χ1n) is 10.9. The highest BCUT2D eigenvalue weighted by molar-refractivity contribution is 5.76. The summed E-state index contributed by atoms with van der Waals surface area (Å²) in [6.07, 6.45) is 1.49. The van der Waals surface area contributed by atoms with Crippen LogP contribution in [-0.4, -0.2) is 50.3 Å². The van der Waals surface area contributed by atoms with Gasteiger partial charge in [-0.2, -0.15) is 0 Å². The van der Waals surface area contributed by atoms with E-state index in [0.29, 0.717) is 31.2 Å². The number of ether oxygens (including phenoxy) is 3. The third kappa shape index (κ3) is 7.80. The lowest BCUT2D eigenvalue weighted by Gasteiger charge is -2.22. The van der Waals surface area contributed by atoms with E-state index < -0.39 is 5.91 Å². The van der Waals surface area contributed by atoms with Crippen LogP contribution < -0.4 is 15.2 Å². The second-order valence-electron chi connectivity index (χ2n) is 7.68. The number of primary amides is 1. The summed E-state index contributed by atoms with van der Waals surface area (Å²) in [5.41, 5.74) is 9.81. The number of methoxy groups -OCH3 is 1. The Hall–Kier alpha value is -3.22. The summed E-state index contributed by atoms with van der Waals surface area (Å²) in [7, 11) is 1.54. The monoisotopic (exact) mass is 442 g/mol. The van der Waals surface area contributed by atoms with Crippen molar-refractivity contribution >= 4 is 12.0 Å². The Kier molecular flexibility index (Phi) is 9.85. The lowest BCUT2D eigenvalue weighted by molar-refractivity contribution is -0.117. The first-order valence-corrected chi connectivity index (χ1v) is 10.9. The van der Waals surface area contributed by atoms with Crippen LogP contribution in [0, 0.1) is 13.8 Å². The van der Waals surface area contributed by atoms with Crippen LogP contribution in [-0.2, 0) is 22.4 Å². The van der Waals surface area contributed by atoms with E-state index in [9.17, 15) is 9.59 Å². The number of benzene rings is 2. The van der Waals surface area contributed by atoms with Crippen LogP contribution in [0.4, 0.5) is 4.79 Å². The number of rotatable bonds is 12. The minimum absolute atomic E-state index is 0.133. The van der Waals surface area contributed by atoms with E-state index in [1.165, 1.54) is 23.8 Å². The Morgan fingerprint density at radius 2 is 1.72 bits per heavy atom. The standard InChI is InChI=1S/C25H34N2O5/c1-5-31-25(29)27(12-6-7-20-9-8-18(2)19(3)15-20)13-14-32-22-11-10-21(17-24(26)28)16-23(22)30-4/h8-11,15-16H,5-7,12-14,17H2,1-4H3,(H2,26,28). The Morgan fingerprint density at radius 3 is 2.38 bits per heavy atom. The molecule has 0 saturated heterocycles. The zero-order valence-corrected chi connectivity index (χ0v) is 19.5. The van der Waals surface area contributed by atoms with Crippen LogP contribution in [0.25, 0.3) is 0 Å². The highest BCUT2D eigenvalue weighted by Gasteiger charge is 2.15. The molecule has 0 aromatic heterocycles. The molecule has 2 aromatic carbocycles. The van der Waals surface area contributed by atoms with Gasteiger partial charge in [-0.25, -0.2) is 4.79 Å². The molecule has 2 aromatic rings. The number of hydrogen-bond donors (Lipinski definition) is 1. The molecule has 0 aliphatic heterocycles. The molecule has 32 heavy (non-hydrogen) atoms. The van der Waals surface area contributed by atoms with Gasteiger partial charge in [0.2, 0.25) is 5.91 Å². The molecule has 7 heteroatoms. The molecule has 0 aliphatic carbocycles. The third-order valence-electron chi connectivity index (χ3n) is 5.22. The fraction of sp³-hybridized carbons (Fsp3) is 0.440. The molecule has 0 spiro atoms. The predicted molar refractivity (Wildman–Crippen MR) is 124 cm³/mol. The topological polar surface area (TPSA) is 91.1 Å². The van der Waals surface area contributed by atoms with Gasteiger partial charge in [-0.05, 0) is 68.0 Å². The minimum Gasteiger partial charge on any atom is -0.493 e. The van der Waals surface area contributed by atoms with Gasteiger partial charge in [-0.15, -0.1) is 0 Å². The molecule has 0 atom stereocenters. The second kappa shape index (κ2) is 12.6. The van der Waals surface area contributed by atoms with Gasteiger partial charge in [0.25, 0.3) is 0 Å². The van der Waals surface area contributed by atoms with Crippen LogP contribution in [0.2, 0.25) is 0 Å². The van der Waals surface area contributed by atoms with Crippen molar-refractivity contribution in [2.75, 3.05) is 33.4 Å². The Balaban J connectivity index is 1.93. The van der Waals surface area contributed by atoms with E-state index in [4.69, 9.17) is 19.9 Å². The van der Waals surface area contributed by atoms with E-state index in [-0.39, 0.29) is 19.1 Å². The molecule has 2 amide bonds. The first kappa shape index (κ1) is 25.0. The molecule has 0 bridgehead atoms. The van der Waals surface area contributed by atoms with Gasteiger partial charge < -0.3 is 24.8 Å². The number of nitrogens with zero attached hydrogens (tertiary/aromatic N) is 1. The molecule has 0 unspecified atom stereocenters. The van der Waals surface area contributed by atoms with Gasteiger partial charge in [-0.1, -0.05) is 24.3 Å². The van der Waals surface area contributed by atoms with Crippen molar-refractivity contribution in [2.45, 2.75) is 40.0 Å². The van der Waals surface area contributed by atoms with E-state index in [1.807, 2.05) is 0 Å². The van der Waals surface area contributed by atoms with Crippen LogP contribution >= 0.6 is 0 Å². The van der Waals surface area contributed by atoms with Crippen molar-refractivity contribution in [1.29, 1.82) is 0 Å². The summed E-state index contributed by atoms with van der Waals surface area (Å²) in [6.45, 7) is 7.57. The van der Waals surface area contributed by atoms with Gasteiger partial charge >= 0.3 is 6.09 Å². The third-order valence-corrected chi connectivity index (χ3v) is 5.22. The molecule has 0 aliphatic rings. The summed E-state index contributed by atoms with van der Waals surface area (Å²) in [5, 5.41) is 0. The van der Waals surface area contributed by atoms with Crippen molar-refractivity contribution in [3.8, 4) is 11.5 Å². The number of nitrogens with two attached hydrogens (primary N) is 1. The van der Waals surface area contributed by atoms with E-state index >= 15 is 0 Å². The fourth-order valence-corrected chi connectivity index (χ4v) is 3.35. The zero-order chi connectivity index (χ0) is 23.5. The van der Waals surface area contributed by atoms with Gasteiger partial charge in [0, 0.05) is 6.54 Å². The van der Waals surface area contributed by atoms with E-state index in [1.54, 1.807) is 30.0 Å². The van der Waals surface area contributed by atoms with Gasteiger partial charge in [0.1, 0.15) is 6.61 Å². The Bertz CT molecular complexity index is 913. The molecule has 0 saturated carbocycles. The van der Waals surface area contributed by atoms with Gasteiger partial charge in [0.15, 0.2) is 11.5 Å². The average Bonchev–Trinajstić information content (AvgIpc) is 2.75. The van der Waals surface area contributed by atoms with Crippen molar-refractivity contribution < 1.29 is 23.8 Å². The number of carbonyl (C=O) groups is 2.